The van der Waals surface area contributed by atoms with Crippen molar-refractivity contribution in [2.75, 3.05) is 18.6 Å². The van der Waals surface area contributed by atoms with Gasteiger partial charge in [0.15, 0.2) is 5.13 Å². The third kappa shape index (κ3) is 3.97. The molecule has 162 valence electrons. The monoisotopic (exact) mass is 482 g/mol. The van der Waals surface area contributed by atoms with E-state index in [-0.39, 0.29) is 5.91 Å². The molecule has 3 heterocycles. The number of hydrogen-bond donors (Lipinski definition) is 0. The number of methoxy groups -OCH3 is 1. The highest BCUT2D eigenvalue weighted by Crippen LogP contribution is 2.38. The number of thiophene rings is 1. The number of nitrogens with zero attached hydrogens (tertiary/aromatic N) is 4. The van der Waals surface area contributed by atoms with E-state index in [1.165, 1.54) is 22.7 Å². The van der Waals surface area contributed by atoms with Gasteiger partial charge in [-0.15, -0.1) is 11.3 Å². The van der Waals surface area contributed by atoms with Gasteiger partial charge < -0.3 is 9.30 Å². The molecule has 9 heteroatoms. The molecule has 0 spiro atoms. The Morgan fingerprint density at radius 3 is 2.84 bits per heavy atom. The van der Waals surface area contributed by atoms with Gasteiger partial charge in [-0.25, -0.2) is 9.97 Å². The molecule has 0 bridgehead atoms. The normalized spacial score (nSPS) is 11.3. The number of rotatable bonds is 7. The van der Waals surface area contributed by atoms with E-state index in [1.807, 2.05) is 53.2 Å². The Labute approximate surface area is 197 Å². The summed E-state index contributed by atoms with van der Waals surface area (Å²) in [6.45, 7) is 1.27. The summed E-state index contributed by atoms with van der Waals surface area (Å²) in [5.74, 6) is 0.631. The largest absolute Gasteiger partial charge is 0.497 e. The third-order valence-corrected chi connectivity index (χ3v) is 7.85. The van der Waals surface area contributed by atoms with Crippen molar-refractivity contribution < 1.29 is 9.53 Å². The molecule has 0 radical (unpaired) electrons. The molecule has 0 unspecified atom stereocenters. The van der Waals surface area contributed by atoms with Crippen LogP contribution in [-0.2, 0) is 6.54 Å². The standard InChI is InChI=1S/C23H19ClN4O2S2/c1-30-15-7-8-17-19(13-15)32-23(26-17)28(11-4-10-27-12-9-25-14-27)22(29)21-20(24)16-5-2-3-6-18(16)31-21/h2-3,5-9,12-14H,4,10-11H2,1H3. The molecule has 0 fully saturated rings. The number of ether oxygens (including phenoxy) is 1. The van der Waals surface area contributed by atoms with Crippen LogP contribution < -0.4 is 9.64 Å². The average Bonchev–Trinajstić information content (AvgIpc) is 3.55. The zero-order chi connectivity index (χ0) is 22.1. The number of carbonyl (C=O) groups is 1. The van der Waals surface area contributed by atoms with E-state index in [9.17, 15) is 4.79 Å². The lowest BCUT2D eigenvalue weighted by Crippen LogP contribution is -2.32. The van der Waals surface area contributed by atoms with E-state index in [2.05, 4.69) is 4.98 Å². The minimum absolute atomic E-state index is 0.132. The molecule has 0 aliphatic rings. The summed E-state index contributed by atoms with van der Waals surface area (Å²) in [6.07, 6.45) is 6.20. The number of imidazole rings is 1. The Kier molecular flexibility index (Phi) is 5.82. The van der Waals surface area contributed by atoms with Gasteiger partial charge in [0, 0.05) is 35.6 Å². The van der Waals surface area contributed by atoms with Crippen molar-refractivity contribution in [1.29, 1.82) is 0 Å². The predicted octanol–water partition coefficient (Wildman–Crippen LogP) is 6.11. The summed E-state index contributed by atoms with van der Waals surface area (Å²) in [4.78, 5) is 24.8. The van der Waals surface area contributed by atoms with Crippen molar-refractivity contribution in [3.63, 3.8) is 0 Å². The van der Waals surface area contributed by atoms with E-state index in [1.54, 1.807) is 24.5 Å². The van der Waals surface area contributed by atoms with Gasteiger partial charge in [-0.1, -0.05) is 41.1 Å². The predicted molar refractivity (Wildman–Crippen MR) is 132 cm³/mol. The number of aromatic nitrogens is 3. The van der Waals surface area contributed by atoms with Gasteiger partial charge in [0.2, 0.25) is 0 Å². The van der Waals surface area contributed by atoms with Crippen molar-refractivity contribution >= 4 is 65.6 Å². The van der Waals surface area contributed by atoms with Crippen LogP contribution in [0.25, 0.3) is 20.3 Å². The molecule has 0 saturated carbocycles. The van der Waals surface area contributed by atoms with Gasteiger partial charge in [-0.2, -0.15) is 0 Å². The number of halogens is 1. The summed E-state index contributed by atoms with van der Waals surface area (Å²) in [5, 5.41) is 2.05. The van der Waals surface area contributed by atoms with E-state index in [0.717, 1.165) is 39.0 Å². The zero-order valence-corrected chi connectivity index (χ0v) is 19.6. The van der Waals surface area contributed by atoms with Crippen molar-refractivity contribution in [3.8, 4) is 5.75 Å². The molecular weight excluding hydrogens is 464 g/mol. The van der Waals surface area contributed by atoms with Gasteiger partial charge in [0.1, 0.15) is 10.6 Å². The average molecular weight is 483 g/mol. The van der Waals surface area contributed by atoms with Crippen LogP contribution in [0.5, 0.6) is 5.75 Å². The van der Waals surface area contributed by atoms with Crippen molar-refractivity contribution in [1.82, 2.24) is 14.5 Å². The SMILES string of the molecule is COc1ccc2nc(N(CCCn3ccnc3)C(=O)c3sc4ccccc4c3Cl)sc2c1. The molecule has 0 aliphatic carbocycles. The number of carbonyl (C=O) groups excluding carboxylic acids is 1. The second kappa shape index (κ2) is 8.90. The molecule has 0 atom stereocenters. The van der Waals surface area contributed by atoms with Gasteiger partial charge in [0.05, 0.1) is 28.7 Å². The summed E-state index contributed by atoms with van der Waals surface area (Å²) in [6, 6.07) is 13.5. The van der Waals surface area contributed by atoms with Crippen LogP contribution in [0.3, 0.4) is 0 Å². The van der Waals surface area contributed by atoms with E-state index in [4.69, 9.17) is 21.3 Å². The molecule has 0 aliphatic heterocycles. The third-order valence-electron chi connectivity index (χ3n) is 5.15. The number of aryl methyl sites for hydroxylation is 1. The second-order valence-electron chi connectivity index (χ2n) is 7.18. The van der Waals surface area contributed by atoms with E-state index < -0.39 is 0 Å². The Balaban J connectivity index is 1.51. The van der Waals surface area contributed by atoms with Crippen molar-refractivity contribution in [2.24, 2.45) is 0 Å². The fraction of sp³-hybridized carbons (Fsp3) is 0.174. The van der Waals surface area contributed by atoms with Gasteiger partial charge in [-0.3, -0.25) is 9.69 Å². The van der Waals surface area contributed by atoms with Crippen LogP contribution in [0, 0.1) is 0 Å². The number of amides is 1. The van der Waals surface area contributed by atoms with Crippen LogP contribution in [-0.4, -0.2) is 34.1 Å². The molecule has 1 amide bonds. The molecule has 3 aromatic heterocycles. The molecule has 5 rings (SSSR count). The highest BCUT2D eigenvalue weighted by atomic mass is 35.5. The first-order valence-corrected chi connectivity index (χ1v) is 12.0. The molecule has 6 nitrogen and oxygen atoms in total. The van der Waals surface area contributed by atoms with Gasteiger partial charge in [0.25, 0.3) is 5.91 Å². The highest BCUT2D eigenvalue weighted by Gasteiger charge is 2.26. The second-order valence-corrected chi connectivity index (χ2v) is 9.62. The summed E-state index contributed by atoms with van der Waals surface area (Å²) >= 11 is 9.53. The minimum atomic E-state index is -0.132. The summed E-state index contributed by atoms with van der Waals surface area (Å²) < 4.78 is 9.30. The fourth-order valence-corrected chi connectivity index (χ4v) is 6.00. The maximum atomic E-state index is 13.7. The molecular formula is C23H19ClN4O2S2. The van der Waals surface area contributed by atoms with Crippen LogP contribution in [0.2, 0.25) is 5.02 Å². The van der Waals surface area contributed by atoms with Gasteiger partial charge in [-0.05, 0) is 30.7 Å². The Bertz CT molecular complexity index is 1390. The Morgan fingerprint density at radius 1 is 1.19 bits per heavy atom. The van der Waals surface area contributed by atoms with Crippen molar-refractivity contribution in [2.45, 2.75) is 13.0 Å². The summed E-state index contributed by atoms with van der Waals surface area (Å²) in [5.41, 5.74) is 0.834. The Hall–Kier alpha value is -2.94. The smallest absolute Gasteiger partial charge is 0.271 e. The molecule has 0 N–H and O–H groups in total. The maximum Gasteiger partial charge on any atom is 0.271 e. The van der Waals surface area contributed by atoms with Gasteiger partial charge >= 0.3 is 0 Å². The number of anilines is 1. The maximum absolute atomic E-state index is 13.7. The first-order chi connectivity index (χ1) is 15.6. The van der Waals surface area contributed by atoms with Crippen molar-refractivity contribution in [3.05, 3.63) is 71.1 Å². The minimum Gasteiger partial charge on any atom is -0.497 e. The number of fused-ring (bicyclic) bond motifs is 2. The molecule has 5 aromatic rings. The topological polar surface area (TPSA) is 60.2 Å². The number of benzene rings is 2. The van der Waals surface area contributed by atoms with Crippen LogP contribution >= 0.6 is 34.3 Å². The van der Waals surface area contributed by atoms with E-state index >= 15 is 0 Å². The fourth-order valence-electron chi connectivity index (χ4n) is 3.52. The highest BCUT2D eigenvalue weighted by molar-refractivity contribution is 7.23. The lowest BCUT2D eigenvalue weighted by Gasteiger charge is -2.19. The Morgan fingerprint density at radius 2 is 2.06 bits per heavy atom. The van der Waals surface area contributed by atoms with E-state index in [0.29, 0.717) is 21.6 Å². The number of hydrogen-bond acceptors (Lipinski definition) is 6. The van der Waals surface area contributed by atoms with Crippen LogP contribution in [0.1, 0.15) is 16.1 Å². The van der Waals surface area contributed by atoms with Crippen LogP contribution in [0.15, 0.2) is 61.2 Å². The first-order valence-electron chi connectivity index (χ1n) is 10.0. The molecule has 2 aromatic carbocycles. The quantitative estimate of drug-likeness (QED) is 0.281. The summed E-state index contributed by atoms with van der Waals surface area (Å²) in [7, 11) is 1.64. The van der Waals surface area contributed by atoms with Crippen LogP contribution in [0.4, 0.5) is 5.13 Å². The molecule has 32 heavy (non-hydrogen) atoms. The number of thiazole rings is 1. The zero-order valence-electron chi connectivity index (χ0n) is 17.2. The first kappa shape index (κ1) is 20.9. The lowest BCUT2D eigenvalue weighted by atomic mass is 10.2. The lowest BCUT2D eigenvalue weighted by molar-refractivity contribution is 0.0990. The molecule has 0 saturated heterocycles.